The quantitative estimate of drug-likeness (QED) is 0.174. The Morgan fingerprint density at radius 3 is 1.57 bits per heavy atom. The highest BCUT2D eigenvalue weighted by Crippen LogP contribution is 2.43. The Bertz CT molecular complexity index is 2790. The molecule has 0 atom stereocenters. The Balaban J connectivity index is 1.14. The third kappa shape index (κ3) is 4.35. The zero-order valence-corrected chi connectivity index (χ0v) is 27.0. The molecule has 0 unspecified atom stereocenters. The first-order valence-corrected chi connectivity index (χ1v) is 17.5. The highest BCUT2D eigenvalue weighted by molar-refractivity contribution is 7.26. The molecule has 0 aliphatic rings. The van der Waals surface area contributed by atoms with Gasteiger partial charge in [0.2, 0.25) is 0 Å². The van der Waals surface area contributed by atoms with Gasteiger partial charge in [0.25, 0.3) is 0 Å². The van der Waals surface area contributed by atoms with Crippen LogP contribution < -0.4 is 4.90 Å². The van der Waals surface area contributed by atoms with Gasteiger partial charge in [-0.25, -0.2) is 0 Å². The topological polar surface area (TPSA) is 3.24 Å². The van der Waals surface area contributed by atoms with E-state index in [2.05, 4.69) is 169 Å². The summed E-state index contributed by atoms with van der Waals surface area (Å²) in [6.45, 7) is 0. The molecule has 0 radical (unpaired) electrons. The van der Waals surface area contributed by atoms with E-state index in [4.69, 9.17) is 0 Å². The van der Waals surface area contributed by atoms with Crippen molar-refractivity contribution >= 4 is 102 Å². The van der Waals surface area contributed by atoms with E-state index in [1.165, 1.54) is 73.0 Å². The number of hydrogen-bond donors (Lipinski definition) is 0. The molecule has 0 bridgehead atoms. The third-order valence-electron chi connectivity index (χ3n) is 9.43. The molecule has 0 saturated carbocycles. The summed E-state index contributed by atoms with van der Waals surface area (Å²) in [7, 11) is 0. The van der Waals surface area contributed by atoms with Crippen molar-refractivity contribution in [1.29, 1.82) is 0 Å². The van der Waals surface area contributed by atoms with Crippen LogP contribution >= 0.6 is 22.7 Å². The van der Waals surface area contributed by atoms with Crippen molar-refractivity contribution in [1.82, 2.24) is 0 Å². The van der Waals surface area contributed by atoms with Crippen molar-refractivity contribution in [3.05, 3.63) is 164 Å². The fraction of sp³-hybridized carbons (Fsp3) is 0. The van der Waals surface area contributed by atoms with Gasteiger partial charge in [-0.1, -0.05) is 103 Å². The summed E-state index contributed by atoms with van der Waals surface area (Å²) in [4.78, 5) is 2.40. The summed E-state index contributed by atoms with van der Waals surface area (Å²) >= 11 is 3.75. The smallest absolute Gasteiger partial charge is 0.0476 e. The van der Waals surface area contributed by atoms with Gasteiger partial charge < -0.3 is 4.90 Å². The van der Waals surface area contributed by atoms with E-state index in [0.717, 1.165) is 17.1 Å². The van der Waals surface area contributed by atoms with Crippen LogP contribution in [-0.4, -0.2) is 0 Å². The first kappa shape index (κ1) is 26.7. The predicted molar refractivity (Wildman–Crippen MR) is 207 cm³/mol. The Morgan fingerprint density at radius 2 is 0.830 bits per heavy atom. The fourth-order valence-electron chi connectivity index (χ4n) is 7.15. The molecule has 8 aromatic carbocycles. The summed E-state index contributed by atoms with van der Waals surface area (Å²) < 4.78 is 5.30. The zero-order valence-electron chi connectivity index (χ0n) is 25.4. The minimum Gasteiger partial charge on any atom is -0.310 e. The molecule has 0 spiro atoms. The van der Waals surface area contributed by atoms with Crippen LogP contribution in [0.4, 0.5) is 17.1 Å². The molecule has 220 valence electrons. The second kappa shape index (κ2) is 10.5. The maximum atomic E-state index is 2.40. The van der Waals surface area contributed by atoms with Gasteiger partial charge in [-0.2, -0.15) is 0 Å². The molecule has 3 heteroatoms. The Hall–Kier alpha value is -5.48. The SMILES string of the molecule is c1ccc(-c2ccc(N(c3ccc4c(ccc5cc6c(cc54)sc4ccccc46)c3)c3ccc4c(c3)sc3ccccc34)cc2)cc1. The number of benzene rings is 8. The van der Waals surface area contributed by atoms with Crippen molar-refractivity contribution in [3.8, 4) is 11.1 Å². The molecule has 0 amide bonds. The summed E-state index contributed by atoms with van der Waals surface area (Å²) in [5.74, 6) is 0. The van der Waals surface area contributed by atoms with Crippen molar-refractivity contribution in [2.45, 2.75) is 0 Å². The lowest BCUT2D eigenvalue weighted by Gasteiger charge is -2.26. The molecular formula is C44H27NS2. The van der Waals surface area contributed by atoms with Gasteiger partial charge in [0.1, 0.15) is 0 Å². The van der Waals surface area contributed by atoms with E-state index < -0.39 is 0 Å². The van der Waals surface area contributed by atoms with Crippen LogP contribution in [0.1, 0.15) is 0 Å². The predicted octanol–water partition coefficient (Wildman–Crippen LogP) is 13.9. The van der Waals surface area contributed by atoms with Gasteiger partial charge in [0.15, 0.2) is 0 Å². The molecule has 2 heterocycles. The number of anilines is 3. The van der Waals surface area contributed by atoms with E-state index in [-0.39, 0.29) is 0 Å². The highest BCUT2D eigenvalue weighted by atomic mass is 32.1. The lowest BCUT2D eigenvalue weighted by Crippen LogP contribution is -2.09. The Kier molecular flexibility index (Phi) is 5.98. The molecule has 2 aromatic heterocycles. The van der Waals surface area contributed by atoms with Gasteiger partial charge in [0, 0.05) is 57.4 Å². The van der Waals surface area contributed by atoms with Crippen molar-refractivity contribution in [3.63, 3.8) is 0 Å². The van der Waals surface area contributed by atoms with Crippen molar-refractivity contribution < 1.29 is 0 Å². The standard InChI is InChI=1S/C44H27NS2/c1-2-8-28(9-3-1)29-16-18-32(19-17-29)45(34-21-23-38-36-10-4-6-12-41(36)46-43(38)26-34)33-20-22-35-30(24-33)14-15-31-25-40-37-11-5-7-13-42(37)47-44(40)27-39(31)35/h1-27H. The second-order valence-electron chi connectivity index (χ2n) is 12.2. The van der Waals surface area contributed by atoms with Crippen LogP contribution in [0.2, 0.25) is 0 Å². The minimum absolute atomic E-state index is 1.14. The molecule has 0 aliphatic carbocycles. The van der Waals surface area contributed by atoms with Crippen LogP contribution in [0, 0.1) is 0 Å². The van der Waals surface area contributed by atoms with Crippen LogP contribution in [-0.2, 0) is 0 Å². The zero-order chi connectivity index (χ0) is 30.9. The number of fused-ring (bicyclic) bond motifs is 9. The molecular weight excluding hydrogens is 607 g/mol. The number of thiophene rings is 2. The van der Waals surface area contributed by atoms with E-state index in [1.807, 2.05) is 22.7 Å². The van der Waals surface area contributed by atoms with E-state index in [9.17, 15) is 0 Å². The lowest BCUT2D eigenvalue weighted by atomic mass is 9.99. The molecule has 0 N–H and O–H groups in total. The fourth-order valence-corrected chi connectivity index (χ4v) is 9.41. The molecule has 10 rings (SSSR count). The summed E-state index contributed by atoms with van der Waals surface area (Å²) in [5.41, 5.74) is 5.88. The largest absolute Gasteiger partial charge is 0.310 e. The van der Waals surface area contributed by atoms with Crippen molar-refractivity contribution in [2.75, 3.05) is 4.90 Å². The Morgan fingerprint density at radius 1 is 0.298 bits per heavy atom. The van der Waals surface area contributed by atoms with Gasteiger partial charge in [0.05, 0.1) is 0 Å². The van der Waals surface area contributed by atoms with E-state index >= 15 is 0 Å². The van der Waals surface area contributed by atoms with E-state index in [0.29, 0.717) is 0 Å². The van der Waals surface area contributed by atoms with Gasteiger partial charge >= 0.3 is 0 Å². The molecule has 0 saturated heterocycles. The average Bonchev–Trinajstić information content (AvgIpc) is 3.69. The second-order valence-corrected chi connectivity index (χ2v) is 14.3. The highest BCUT2D eigenvalue weighted by Gasteiger charge is 2.17. The van der Waals surface area contributed by atoms with Crippen LogP contribution in [0.3, 0.4) is 0 Å². The number of hydrogen-bond acceptors (Lipinski definition) is 3. The van der Waals surface area contributed by atoms with Gasteiger partial charge in [-0.05, 0) is 93.3 Å². The summed E-state index contributed by atoms with van der Waals surface area (Å²) in [6, 6.07) is 60.2. The normalized spacial score (nSPS) is 11.8. The molecule has 1 nitrogen and oxygen atoms in total. The van der Waals surface area contributed by atoms with Crippen LogP contribution in [0.5, 0.6) is 0 Å². The molecule has 0 fully saturated rings. The summed E-state index contributed by atoms with van der Waals surface area (Å²) in [5, 5.41) is 10.4. The van der Waals surface area contributed by atoms with Gasteiger partial charge in [-0.3, -0.25) is 0 Å². The maximum absolute atomic E-state index is 2.40. The van der Waals surface area contributed by atoms with Crippen LogP contribution in [0.25, 0.3) is 73.0 Å². The van der Waals surface area contributed by atoms with Gasteiger partial charge in [-0.15, -0.1) is 22.7 Å². The number of nitrogens with zero attached hydrogens (tertiary/aromatic N) is 1. The average molecular weight is 634 g/mol. The van der Waals surface area contributed by atoms with Crippen LogP contribution in [0.15, 0.2) is 164 Å². The third-order valence-corrected chi connectivity index (χ3v) is 11.7. The Labute approximate surface area is 280 Å². The van der Waals surface area contributed by atoms with E-state index in [1.54, 1.807) is 0 Å². The minimum atomic E-state index is 1.14. The molecule has 0 aliphatic heterocycles. The lowest BCUT2D eigenvalue weighted by molar-refractivity contribution is 1.30. The first-order chi connectivity index (χ1) is 23.3. The monoisotopic (exact) mass is 633 g/mol. The summed E-state index contributed by atoms with van der Waals surface area (Å²) in [6.07, 6.45) is 0. The number of rotatable bonds is 4. The van der Waals surface area contributed by atoms with Crippen molar-refractivity contribution in [2.24, 2.45) is 0 Å². The first-order valence-electron chi connectivity index (χ1n) is 15.9. The molecule has 10 aromatic rings. The molecule has 47 heavy (non-hydrogen) atoms. The maximum Gasteiger partial charge on any atom is 0.0476 e.